The molecule has 0 spiro atoms. The van der Waals surface area contributed by atoms with Gasteiger partial charge in [0.2, 0.25) is 6.93 Å². The average molecular weight is 548 g/mol. The number of benzene rings is 1. The highest BCUT2D eigenvalue weighted by Gasteiger charge is 2.26. The zero-order valence-corrected chi connectivity index (χ0v) is 22.7. The Balaban J connectivity index is 0.00000241. The number of rotatable bonds is 14. The van der Waals surface area contributed by atoms with E-state index in [0.29, 0.717) is 38.4 Å². The summed E-state index contributed by atoms with van der Waals surface area (Å²) in [6.07, 6.45) is 5.48. The Morgan fingerprint density at radius 2 is 1.84 bits per heavy atom. The number of carboxylic acids is 1. The molecule has 1 saturated heterocycles. The van der Waals surface area contributed by atoms with Gasteiger partial charge in [-0.1, -0.05) is 50.8 Å². The van der Waals surface area contributed by atoms with Gasteiger partial charge in [0.05, 0.1) is 10.5 Å². The molecule has 1 atom stereocenters. The standard InChI is InChI=1S/C23H32FN3O4S.C2H6.CH2F2/c1-3-26(13-9-12-25-24)17-21(31-18-20-10-5-4-6-11-20)22(16-19(2)23(28)29)32(30)27-14-7-8-15-27;1-2;2-1-3/h4-6,10-11,16-17,25H,2-3,7-9,12-15,18H2,1H3,(H,28,29);1-2H3;1H2/b21-17-,22-16+;;. The Morgan fingerprint density at radius 3 is 2.35 bits per heavy atom. The molecule has 0 aromatic heterocycles. The predicted molar refractivity (Wildman–Crippen MR) is 143 cm³/mol. The minimum Gasteiger partial charge on any atom is -0.486 e. The summed E-state index contributed by atoms with van der Waals surface area (Å²) in [5.74, 6) is -0.874. The monoisotopic (exact) mass is 547 g/mol. The molecule has 1 fully saturated rings. The van der Waals surface area contributed by atoms with E-state index in [1.165, 1.54) is 6.08 Å². The topological polar surface area (TPSA) is 82.1 Å². The van der Waals surface area contributed by atoms with Crippen LogP contribution in [0.25, 0.3) is 0 Å². The summed E-state index contributed by atoms with van der Waals surface area (Å²) in [5.41, 5.74) is 2.39. The largest absolute Gasteiger partial charge is 0.486 e. The molecule has 1 aliphatic rings. The summed E-state index contributed by atoms with van der Waals surface area (Å²) in [4.78, 5) is 13.7. The third-order valence-electron chi connectivity index (χ3n) is 4.97. The van der Waals surface area contributed by atoms with Gasteiger partial charge in [-0.2, -0.15) is 5.54 Å². The molecule has 37 heavy (non-hydrogen) atoms. The lowest BCUT2D eigenvalue weighted by atomic mass is 10.2. The van der Waals surface area contributed by atoms with Crippen molar-refractivity contribution < 1.29 is 32.1 Å². The number of hydrogen-bond acceptors (Lipinski definition) is 5. The smallest absolute Gasteiger partial charge is 0.335 e. The molecule has 0 saturated carbocycles. The molecule has 1 aromatic rings. The van der Waals surface area contributed by atoms with E-state index in [0.717, 1.165) is 18.4 Å². The summed E-state index contributed by atoms with van der Waals surface area (Å²) in [7, 11) is -1.61. The second-order valence-electron chi connectivity index (χ2n) is 7.46. The number of carboxylic acid groups (broad SMARTS) is 1. The number of alkyl halides is 2. The Kier molecular flexibility index (Phi) is 19.9. The first-order valence-electron chi connectivity index (χ1n) is 12.3. The molecular formula is C26H40F3N3O4S. The van der Waals surface area contributed by atoms with Crippen molar-refractivity contribution in [3.05, 3.63) is 71.0 Å². The van der Waals surface area contributed by atoms with Gasteiger partial charge in [-0.05, 0) is 37.8 Å². The Bertz CT molecular complexity index is 864. The molecule has 2 rings (SSSR count). The van der Waals surface area contributed by atoms with Crippen LogP contribution in [0.1, 0.15) is 45.6 Å². The molecule has 1 heterocycles. The third kappa shape index (κ3) is 14.0. The maximum absolute atomic E-state index is 13.4. The molecule has 2 N–H and O–H groups in total. The van der Waals surface area contributed by atoms with E-state index >= 15 is 0 Å². The van der Waals surface area contributed by atoms with Gasteiger partial charge in [0.25, 0.3) is 0 Å². The molecule has 1 aliphatic heterocycles. The van der Waals surface area contributed by atoms with Crippen molar-refractivity contribution in [1.82, 2.24) is 14.7 Å². The number of ether oxygens (including phenoxy) is 1. The fourth-order valence-corrected chi connectivity index (χ4v) is 4.55. The SMILES string of the molecule is C=C(/C=C(\C(=C\N(CC)CCCNF)OCc1ccccc1)S(=O)N1CCCC1)C(=O)O.CC.FCF. The van der Waals surface area contributed by atoms with Crippen molar-refractivity contribution in [2.45, 2.75) is 46.6 Å². The Labute approximate surface area is 221 Å². The first-order chi connectivity index (χ1) is 17.9. The molecule has 0 bridgehead atoms. The second-order valence-corrected chi connectivity index (χ2v) is 8.91. The van der Waals surface area contributed by atoms with Crippen molar-refractivity contribution in [1.29, 1.82) is 0 Å². The molecule has 11 heteroatoms. The highest BCUT2D eigenvalue weighted by molar-refractivity contribution is 7.87. The minimum absolute atomic E-state index is 0.175. The maximum Gasteiger partial charge on any atom is 0.335 e. The molecule has 1 unspecified atom stereocenters. The lowest BCUT2D eigenvalue weighted by Gasteiger charge is -2.23. The first-order valence-corrected chi connectivity index (χ1v) is 13.4. The van der Waals surface area contributed by atoms with E-state index < -0.39 is 23.9 Å². The summed E-state index contributed by atoms with van der Waals surface area (Å²) >= 11 is 0. The highest BCUT2D eigenvalue weighted by Crippen LogP contribution is 2.25. The van der Waals surface area contributed by atoms with Gasteiger partial charge < -0.3 is 14.7 Å². The van der Waals surface area contributed by atoms with Gasteiger partial charge in [-0.15, -0.1) is 4.48 Å². The van der Waals surface area contributed by atoms with Crippen molar-refractivity contribution in [2.24, 2.45) is 0 Å². The average Bonchev–Trinajstić information content (AvgIpc) is 3.46. The van der Waals surface area contributed by atoms with Crippen LogP contribution < -0.4 is 5.54 Å². The van der Waals surface area contributed by atoms with Gasteiger partial charge in [0.1, 0.15) is 17.6 Å². The summed E-state index contributed by atoms with van der Waals surface area (Å²) in [6, 6.07) is 9.53. The van der Waals surface area contributed by atoms with E-state index in [2.05, 4.69) is 6.58 Å². The summed E-state index contributed by atoms with van der Waals surface area (Å²) in [6.45, 7) is 10.7. The molecule has 1 aromatic carbocycles. The predicted octanol–water partition coefficient (Wildman–Crippen LogP) is 5.42. The fraction of sp³-hybridized carbons (Fsp3) is 0.500. The van der Waals surface area contributed by atoms with Gasteiger partial charge >= 0.3 is 5.97 Å². The van der Waals surface area contributed by atoms with Gasteiger partial charge in [-0.3, -0.25) is 0 Å². The molecule has 0 aliphatic carbocycles. The number of nitrogens with zero attached hydrogens (tertiary/aromatic N) is 2. The van der Waals surface area contributed by atoms with Crippen molar-refractivity contribution in [2.75, 3.05) is 39.7 Å². The molecule has 0 amide bonds. The normalized spacial score (nSPS) is 14.5. The van der Waals surface area contributed by atoms with E-state index in [4.69, 9.17) is 4.74 Å². The van der Waals surface area contributed by atoms with Crippen molar-refractivity contribution in [3.8, 4) is 0 Å². The van der Waals surface area contributed by atoms with Crippen molar-refractivity contribution >= 4 is 17.0 Å². The van der Waals surface area contributed by atoms with Crippen LogP contribution in [0.4, 0.5) is 13.3 Å². The van der Waals surface area contributed by atoms with Gasteiger partial charge in [0, 0.05) is 38.9 Å². The van der Waals surface area contributed by atoms with E-state index in [9.17, 15) is 27.4 Å². The zero-order chi connectivity index (χ0) is 28.1. The number of nitrogens with one attached hydrogen (secondary N) is 1. The number of carbonyl (C=O) groups is 1. The summed E-state index contributed by atoms with van der Waals surface area (Å²) in [5, 5.41) is 9.37. The van der Waals surface area contributed by atoms with Crippen LogP contribution in [-0.2, 0) is 27.1 Å². The second kappa shape index (κ2) is 21.5. The van der Waals surface area contributed by atoms with Crippen LogP contribution in [0.2, 0.25) is 0 Å². The Morgan fingerprint density at radius 1 is 1.24 bits per heavy atom. The van der Waals surface area contributed by atoms with E-state index in [1.807, 2.05) is 60.3 Å². The van der Waals surface area contributed by atoms with Crippen LogP contribution in [0, 0.1) is 0 Å². The van der Waals surface area contributed by atoms with Crippen LogP contribution in [-0.4, -0.2) is 64.1 Å². The van der Waals surface area contributed by atoms with Crippen molar-refractivity contribution in [3.63, 3.8) is 0 Å². The first kappa shape index (κ1) is 34.4. The number of halogens is 3. The minimum atomic E-state index is -1.75. The quantitative estimate of drug-likeness (QED) is 0.106. The van der Waals surface area contributed by atoms with Crippen LogP contribution >= 0.6 is 0 Å². The van der Waals surface area contributed by atoms with E-state index in [1.54, 1.807) is 11.7 Å². The van der Waals surface area contributed by atoms with E-state index in [-0.39, 0.29) is 23.6 Å². The van der Waals surface area contributed by atoms with Gasteiger partial charge in [-0.25, -0.2) is 22.1 Å². The molecular weight excluding hydrogens is 507 g/mol. The van der Waals surface area contributed by atoms with Gasteiger partial charge in [0.15, 0.2) is 5.76 Å². The van der Waals surface area contributed by atoms with Crippen LogP contribution in [0.5, 0.6) is 0 Å². The molecule has 7 nitrogen and oxygen atoms in total. The number of hydrogen-bond donors (Lipinski definition) is 2. The molecule has 0 radical (unpaired) electrons. The Hall–Kier alpha value is -2.63. The highest BCUT2D eigenvalue weighted by atomic mass is 32.2. The number of aliphatic carboxylic acids is 1. The lowest BCUT2D eigenvalue weighted by Crippen LogP contribution is -2.26. The fourth-order valence-electron chi connectivity index (χ4n) is 3.16. The maximum atomic E-state index is 13.4. The summed E-state index contributed by atoms with van der Waals surface area (Å²) < 4.78 is 52.9. The molecule has 210 valence electrons. The zero-order valence-electron chi connectivity index (χ0n) is 21.9. The van der Waals surface area contributed by atoms with Crippen LogP contribution in [0.15, 0.2) is 65.4 Å². The third-order valence-corrected chi connectivity index (χ3v) is 6.50. The van der Waals surface area contributed by atoms with Crippen LogP contribution in [0.3, 0.4) is 0 Å². The lowest BCUT2D eigenvalue weighted by molar-refractivity contribution is -0.132.